The minimum absolute atomic E-state index is 0.103. The van der Waals surface area contributed by atoms with Gasteiger partial charge in [0.1, 0.15) is 0 Å². The molecule has 1 atom stereocenters. The topological polar surface area (TPSA) is 89.4 Å². The fraction of sp³-hybridized carbons (Fsp3) is 0.429. The second-order valence-electron chi connectivity index (χ2n) is 4.99. The minimum atomic E-state index is -0.845. The number of primary amides is 1. The third kappa shape index (κ3) is 3.79. The average molecular weight is 263 g/mol. The van der Waals surface area contributed by atoms with Crippen molar-refractivity contribution in [3.63, 3.8) is 0 Å². The first-order valence-electron chi connectivity index (χ1n) is 6.21. The first-order chi connectivity index (χ1) is 8.77. The van der Waals surface area contributed by atoms with Crippen LogP contribution in [-0.4, -0.2) is 29.3 Å². The lowest BCUT2D eigenvalue weighted by Crippen LogP contribution is -2.51. The molecule has 104 valence electrons. The van der Waals surface area contributed by atoms with Crippen molar-refractivity contribution in [2.75, 3.05) is 7.05 Å². The fourth-order valence-electron chi connectivity index (χ4n) is 1.71. The standard InChI is InChI=1S/C14H21N3O2/c1-4-14(2,16)13(19)17(3)9-10-5-7-11(8-6-10)12(15)18/h5-8H,4,9,16H2,1-3H3,(H2,15,18). The summed E-state index contributed by atoms with van der Waals surface area (Å²) >= 11 is 0. The monoisotopic (exact) mass is 263 g/mol. The molecule has 0 fully saturated rings. The molecule has 0 bridgehead atoms. The highest BCUT2D eigenvalue weighted by atomic mass is 16.2. The van der Waals surface area contributed by atoms with Crippen LogP contribution in [0.3, 0.4) is 0 Å². The molecule has 19 heavy (non-hydrogen) atoms. The number of hydrogen-bond donors (Lipinski definition) is 2. The molecule has 5 heteroatoms. The molecule has 0 aliphatic heterocycles. The zero-order valence-electron chi connectivity index (χ0n) is 11.6. The van der Waals surface area contributed by atoms with E-state index >= 15 is 0 Å². The summed E-state index contributed by atoms with van der Waals surface area (Å²) < 4.78 is 0. The fourth-order valence-corrected chi connectivity index (χ4v) is 1.71. The van der Waals surface area contributed by atoms with Crippen LogP contribution in [0.2, 0.25) is 0 Å². The predicted octanol–water partition coefficient (Wildman–Crippen LogP) is 0.871. The van der Waals surface area contributed by atoms with E-state index < -0.39 is 11.4 Å². The van der Waals surface area contributed by atoms with Crippen LogP contribution >= 0.6 is 0 Å². The summed E-state index contributed by atoms with van der Waals surface area (Å²) in [6.07, 6.45) is 0.580. The van der Waals surface area contributed by atoms with Gasteiger partial charge in [0.15, 0.2) is 0 Å². The van der Waals surface area contributed by atoms with E-state index in [0.29, 0.717) is 18.5 Å². The second kappa shape index (κ2) is 5.84. The lowest BCUT2D eigenvalue weighted by atomic mass is 9.98. The largest absolute Gasteiger partial charge is 0.366 e. The Balaban J connectivity index is 2.74. The summed E-state index contributed by atoms with van der Waals surface area (Å²) in [5, 5.41) is 0. The molecule has 0 heterocycles. The molecule has 0 saturated carbocycles. The maximum absolute atomic E-state index is 12.1. The summed E-state index contributed by atoms with van der Waals surface area (Å²) in [7, 11) is 1.71. The summed E-state index contributed by atoms with van der Waals surface area (Å²) in [4.78, 5) is 24.6. The van der Waals surface area contributed by atoms with E-state index in [2.05, 4.69) is 0 Å². The molecule has 0 aromatic heterocycles. The Hall–Kier alpha value is -1.88. The molecule has 1 aromatic carbocycles. The molecule has 1 unspecified atom stereocenters. The van der Waals surface area contributed by atoms with Crippen molar-refractivity contribution in [3.8, 4) is 0 Å². The summed E-state index contributed by atoms with van der Waals surface area (Å²) in [5.41, 5.74) is 11.6. The van der Waals surface area contributed by atoms with Crippen LogP contribution in [0.1, 0.15) is 36.2 Å². The first-order valence-corrected chi connectivity index (χ1v) is 6.21. The highest BCUT2D eigenvalue weighted by molar-refractivity contribution is 5.92. The lowest BCUT2D eigenvalue weighted by Gasteiger charge is -2.28. The molecule has 0 radical (unpaired) electrons. The summed E-state index contributed by atoms with van der Waals surface area (Å²) in [6.45, 7) is 4.06. The molecular formula is C14H21N3O2. The number of likely N-dealkylation sites (N-methyl/N-ethyl adjacent to an activating group) is 1. The normalized spacial score (nSPS) is 13.7. The van der Waals surface area contributed by atoms with Gasteiger partial charge in [-0.1, -0.05) is 19.1 Å². The first kappa shape index (κ1) is 15.2. The second-order valence-corrected chi connectivity index (χ2v) is 4.99. The van der Waals surface area contributed by atoms with E-state index in [1.807, 2.05) is 6.92 Å². The molecular weight excluding hydrogens is 242 g/mol. The van der Waals surface area contributed by atoms with Gasteiger partial charge in [-0.3, -0.25) is 9.59 Å². The van der Waals surface area contributed by atoms with Gasteiger partial charge in [0.25, 0.3) is 0 Å². The zero-order chi connectivity index (χ0) is 14.6. The Bertz CT molecular complexity index is 466. The third-order valence-corrected chi connectivity index (χ3v) is 3.23. The van der Waals surface area contributed by atoms with Crippen LogP contribution in [-0.2, 0) is 11.3 Å². The lowest BCUT2D eigenvalue weighted by molar-refractivity contribution is -0.135. The molecule has 5 nitrogen and oxygen atoms in total. The van der Waals surface area contributed by atoms with Crippen molar-refractivity contribution in [2.45, 2.75) is 32.4 Å². The third-order valence-electron chi connectivity index (χ3n) is 3.23. The maximum atomic E-state index is 12.1. The Kier molecular flexibility index (Phi) is 4.67. The number of rotatable bonds is 5. The Morgan fingerprint density at radius 2 is 1.79 bits per heavy atom. The Labute approximate surface area is 113 Å². The van der Waals surface area contributed by atoms with Gasteiger partial charge in [-0.15, -0.1) is 0 Å². The molecule has 0 aliphatic carbocycles. The van der Waals surface area contributed by atoms with Gasteiger partial charge in [-0.05, 0) is 31.0 Å². The van der Waals surface area contributed by atoms with E-state index in [9.17, 15) is 9.59 Å². The van der Waals surface area contributed by atoms with Gasteiger partial charge in [0, 0.05) is 19.2 Å². The number of carbonyl (C=O) groups is 2. The van der Waals surface area contributed by atoms with Crippen molar-refractivity contribution in [1.29, 1.82) is 0 Å². The molecule has 0 spiro atoms. The van der Waals surface area contributed by atoms with Crippen molar-refractivity contribution >= 4 is 11.8 Å². The SMILES string of the molecule is CCC(C)(N)C(=O)N(C)Cc1ccc(C(N)=O)cc1. The van der Waals surface area contributed by atoms with Gasteiger partial charge in [0.05, 0.1) is 5.54 Å². The van der Waals surface area contributed by atoms with Crippen LogP contribution in [0.4, 0.5) is 0 Å². The quantitative estimate of drug-likeness (QED) is 0.826. The molecule has 2 amide bonds. The number of nitrogens with two attached hydrogens (primary N) is 2. The van der Waals surface area contributed by atoms with Gasteiger partial charge < -0.3 is 16.4 Å². The minimum Gasteiger partial charge on any atom is -0.366 e. The number of benzene rings is 1. The highest BCUT2D eigenvalue weighted by Gasteiger charge is 2.28. The zero-order valence-corrected chi connectivity index (χ0v) is 11.6. The van der Waals surface area contributed by atoms with Crippen LogP contribution in [0.5, 0.6) is 0 Å². The van der Waals surface area contributed by atoms with E-state index in [1.54, 1.807) is 43.1 Å². The molecule has 0 saturated heterocycles. The van der Waals surface area contributed by atoms with Crippen molar-refractivity contribution < 1.29 is 9.59 Å². The van der Waals surface area contributed by atoms with E-state index in [4.69, 9.17) is 11.5 Å². The van der Waals surface area contributed by atoms with Crippen molar-refractivity contribution in [2.24, 2.45) is 11.5 Å². The number of carbonyl (C=O) groups excluding carboxylic acids is 2. The Morgan fingerprint density at radius 3 is 2.21 bits per heavy atom. The predicted molar refractivity (Wildman–Crippen MR) is 74.3 cm³/mol. The maximum Gasteiger partial charge on any atom is 0.248 e. The molecule has 1 rings (SSSR count). The van der Waals surface area contributed by atoms with Gasteiger partial charge >= 0.3 is 0 Å². The molecule has 0 aliphatic rings. The van der Waals surface area contributed by atoms with Gasteiger partial charge in [0.2, 0.25) is 11.8 Å². The number of amides is 2. The number of hydrogen-bond acceptors (Lipinski definition) is 3. The van der Waals surface area contributed by atoms with Crippen LogP contribution in [0.15, 0.2) is 24.3 Å². The summed E-state index contributed by atoms with van der Waals surface area (Å²) in [5.74, 6) is -0.564. The van der Waals surface area contributed by atoms with Crippen LogP contribution in [0, 0.1) is 0 Å². The van der Waals surface area contributed by atoms with E-state index in [-0.39, 0.29) is 5.91 Å². The highest BCUT2D eigenvalue weighted by Crippen LogP contribution is 2.12. The van der Waals surface area contributed by atoms with Crippen LogP contribution < -0.4 is 11.5 Å². The average Bonchev–Trinajstić information content (AvgIpc) is 2.38. The van der Waals surface area contributed by atoms with Gasteiger partial charge in [-0.25, -0.2) is 0 Å². The molecule has 1 aromatic rings. The van der Waals surface area contributed by atoms with E-state index in [0.717, 1.165) is 5.56 Å². The van der Waals surface area contributed by atoms with E-state index in [1.165, 1.54) is 0 Å². The molecule has 4 N–H and O–H groups in total. The Morgan fingerprint density at radius 1 is 1.26 bits per heavy atom. The number of nitrogens with zero attached hydrogens (tertiary/aromatic N) is 1. The smallest absolute Gasteiger partial charge is 0.248 e. The summed E-state index contributed by atoms with van der Waals surface area (Å²) in [6, 6.07) is 6.86. The van der Waals surface area contributed by atoms with Gasteiger partial charge in [-0.2, -0.15) is 0 Å². The van der Waals surface area contributed by atoms with Crippen molar-refractivity contribution in [3.05, 3.63) is 35.4 Å². The van der Waals surface area contributed by atoms with Crippen LogP contribution in [0.25, 0.3) is 0 Å². The van der Waals surface area contributed by atoms with Crippen molar-refractivity contribution in [1.82, 2.24) is 4.90 Å².